The number of aromatic nitrogens is 1. The van der Waals surface area contributed by atoms with Gasteiger partial charge >= 0.3 is 18.0 Å². The van der Waals surface area contributed by atoms with E-state index in [1.165, 1.54) is 12.1 Å². The maximum Gasteiger partial charge on any atom is 0.410 e. The van der Waals surface area contributed by atoms with Crippen molar-refractivity contribution in [2.75, 3.05) is 36.8 Å². The van der Waals surface area contributed by atoms with Gasteiger partial charge in [-0.2, -0.15) is 5.26 Å². The van der Waals surface area contributed by atoms with Gasteiger partial charge in [0.05, 0.1) is 11.3 Å². The zero-order valence-electron chi connectivity index (χ0n) is 19.4. The molecule has 12 heteroatoms. The number of anilines is 2. The van der Waals surface area contributed by atoms with Crippen LogP contribution in [0.1, 0.15) is 47.1 Å². The van der Waals surface area contributed by atoms with Crippen LogP contribution < -0.4 is 16.2 Å². The summed E-state index contributed by atoms with van der Waals surface area (Å²) in [5.74, 6) is -3.66. The molecule has 0 spiro atoms. The molecule has 1 fully saturated rings. The van der Waals surface area contributed by atoms with Crippen molar-refractivity contribution in [3.63, 3.8) is 0 Å². The van der Waals surface area contributed by atoms with E-state index in [0.29, 0.717) is 31.9 Å². The number of carbonyl (C=O) groups is 3. The van der Waals surface area contributed by atoms with Crippen molar-refractivity contribution in [1.82, 2.24) is 9.88 Å². The predicted molar refractivity (Wildman–Crippen MR) is 126 cm³/mol. The van der Waals surface area contributed by atoms with E-state index in [2.05, 4.69) is 0 Å². The number of hydrogen-bond donors (Lipinski definition) is 4. The lowest BCUT2D eigenvalue weighted by Crippen LogP contribution is -2.50. The first-order chi connectivity index (χ1) is 16.3. The quantitative estimate of drug-likeness (QED) is 0.500. The van der Waals surface area contributed by atoms with Gasteiger partial charge in [0.15, 0.2) is 0 Å². The van der Waals surface area contributed by atoms with Crippen LogP contribution in [0.25, 0.3) is 11.1 Å². The van der Waals surface area contributed by atoms with Crippen LogP contribution in [-0.4, -0.2) is 69.9 Å². The van der Waals surface area contributed by atoms with Gasteiger partial charge < -0.3 is 35.5 Å². The maximum atomic E-state index is 12.3. The van der Waals surface area contributed by atoms with E-state index in [4.69, 9.17) is 10.5 Å². The molecule has 0 radical (unpaired) electrons. The molecule has 1 aromatic carbocycles. The van der Waals surface area contributed by atoms with Crippen molar-refractivity contribution in [1.29, 1.82) is 5.26 Å². The third-order valence-corrected chi connectivity index (χ3v) is 5.35. The first kappa shape index (κ1) is 25.1. The molecule has 2 aromatic rings. The number of nitriles is 1. The number of hydrogen-bond acceptors (Lipinski definition) is 8. The first-order valence-electron chi connectivity index (χ1n) is 10.6. The Morgan fingerprint density at radius 3 is 2.20 bits per heavy atom. The molecule has 5 N–H and O–H groups in total. The standard InChI is InChI=1S/C23H25N5O7/c1-23(2,3)35-22(34)28-8-6-27(7-9-28)14-5-4-12(10-13(14)11-24)15-16(20(30)31)18(25)26-19(29)17(15)21(32)33/h4-5,10H,6-9H2,1-3H3,(H,30,31)(H,32,33)(H3,25,26,29). The minimum Gasteiger partial charge on any atom is -0.478 e. The highest BCUT2D eigenvalue weighted by Crippen LogP contribution is 2.33. The number of nitrogens with zero attached hydrogens (tertiary/aromatic N) is 3. The highest BCUT2D eigenvalue weighted by Gasteiger charge is 2.29. The van der Waals surface area contributed by atoms with Crippen LogP contribution in [-0.2, 0) is 4.74 Å². The monoisotopic (exact) mass is 483 g/mol. The Hall–Kier alpha value is -4.53. The molecule has 12 nitrogen and oxygen atoms in total. The summed E-state index contributed by atoms with van der Waals surface area (Å²) in [4.78, 5) is 53.7. The fourth-order valence-electron chi connectivity index (χ4n) is 3.85. The molecular weight excluding hydrogens is 458 g/mol. The highest BCUT2D eigenvalue weighted by molar-refractivity contribution is 6.07. The maximum absolute atomic E-state index is 12.3. The van der Waals surface area contributed by atoms with Gasteiger partial charge in [0.2, 0.25) is 0 Å². The molecule has 2 heterocycles. The first-order valence-corrected chi connectivity index (χ1v) is 10.6. The minimum atomic E-state index is -1.63. The number of ether oxygens (including phenoxy) is 1. The Labute approximate surface area is 200 Å². The molecule has 184 valence electrons. The summed E-state index contributed by atoms with van der Waals surface area (Å²) in [5.41, 5.74) is 2.95. The van der Waals surface area contributed by atoms with Gasteiger partial charge in [-0.25, -0.2) is 14.4 Å². The van der Waals surface area contributed by atoms with E-state index in [0.717, 1.165) is 0 Å². The average Bonchev–Trinajstić information content (AvgIpc) is 2.76. The van der Waals surface area contributed by atoms with Gasteiger partial charge in [-0.1, -0.05) is 6.07 Å². The van der Waals surface area contributed by atoms with Gasteiger partial charge in [-0.05, 0) is 38.5 Å². The molecule has 0 bridgehead atoms. The summed E-state index contributed by atoms with van der Waals surface area (Å²) in [6.07, 6.45) is -0.428. The number of carbonyl (C=O) groups excluding carboxylic acids is 1. The summed E-state index contributed by atoms with van der Waals surface area (Å²) >= 11 is 0. The number of nitrogens with two attached hydrogens (primary N) is 1. The molecule has 3 rings (SSSR count). The average molecular weight is 483 g/mol. The third-order valence-electron chi connectivity index (χ3n) is 5.35. The number of nitrogens with one attached hydrogen (secondary N) is 1. The van der Waals surface area contributed by atoms with Crippen molar-refractivity contribution in [2.24, 2.45) is 0 Å². The molecule has 1 aliphatic rings. The molecule has 1 amide bonds. The largest absolute Gasteiger partial charge is 0.478 e. The number of benzene rings is 1. The number of nitrogen functional groups attached to an aromatic ring is 1. The number of aromatic amines is 1. The zero-order chi connectivity index (χ0) is 26.1. The van der Waals surface area contributed by atoms with Gasteiger partial charge in [0.1, 0.15) is 28.6 Å². The predicted octanol–water partition coefficient (Wildman–Crippen LogP) is 1.95. The molecule has 0 saturated carbocycles. The van der Waals surface area contributed by atoms with E-state index >= 15 is 0 Å². The van der Waals surface area contributed by atoms with Crippen LogP contribution in [0, 0.1) is 11.3 Å². The Balaban J connectivity index is 1.98. The number of rotatable bonds is 4. The second kappa shape index (κ2) is 9.38. The van der Waals surface area contributed by atoms with Crippen LogP contribution in [0.2, 0.25) is 0 Å². The van der Waals surface area contributed by atoms with Crippen LogP contribution >= 0.6 is 0 Å². The van der Waals surface area contributed by atoms with Gasteiger partial charge in [-0.15, -0.1) is 0 Å². The van der Waals surface area contributed by atoms with Crippen LogP contribution in [0.3, 0.4) is 0 Å². The van der Waals surface area contributed by atoms with Crippen LogP contribution in [0.15, 0.2) is 23.0 Å². The molecule has 0 aliphatic carbocycles. The lowest BCUT2D eigenvalue weighted by molar-refractivity contribution is 0.0240. The number of piperazine rings is 1. The normalized spacial score (nSPS) is 13.8. The number of pyridine rings is 1. The molecular formula is C23H25N5O7. The summed E-state index contributed by atoms with van der Waals surface area (Å²) in [5, 5.41) is 28.9. The summed E-state index contributed by atoms with van der Waals surface area (Å²) in [7, 11) is 0. The minimum absolute atomic E-state index is 0.0466. The number of carboxylic acids is 2. The van der Waals surface area contributed by atoms with Gasteiger partial charge in [-0.3, -0.25) is 4.79 Å². The molecule has 0 unspecified atom stereocenters. The van der Waals surface area contributed by atoms with Crippen molar-refractivity contribution in [3.05, 3.63) is 45.2 Å². The topological polar surface area (TPSA) is 190 Å². The van der Waals surface area contributed by atoms with E-state index in [1.54, 1.807) is 31.7 Å². The summed E-state index contributed by atoms with van der Waals surface area (Å²) in [6.45, 7) is 6.87. The van der Waals surface area contributed by atoms with Crippen molar-refractivity contribution < 1.29 is 29.3 Å². The Kier molecular flexibility index (Phi) is 6.72. The van der Waals surface area contributed by atoms with Crippen molar-refractivity contribution in [2.45, 2.75) is 26.4 Å². The fraction of sp³-hybridized carbons (Fsp3) is 0.348. The van der Waals surface area contributed by atoms with E-state index < -0.39 is 46.1 Å². The molecule has 1 aliphatic heterocycles. The Morgan fingerprint density at radius 2 is 1.69 bits per heavy atom. The van der Waals surface area contributed by atoms with E-state index in [-0.39, 0.29) is 16.7 Å². The second-order valence-electron chi connectivity index (χ2n) is 8.90. The number of carboxylic acid groups (broad SMARTS) is 2. The molecule has 35 heavy (non-hydrogen) atoms. The lowest BCUT2D eigenvalue weighted by atomic mass is 9.93. The number of amides is 1. The van der Waals surface area contributed by atoms with Crippen LogP contribution in [0.4, 0.5) is 16.3 Å². The van der Waals surface area contributed by atoms with E-state index in [1.807, 2.05) is 16.0 Å². The number of aromatic carboxylic acids is 2. The summed E-state index contributed by atoms with van der Waals surface area (Å²) < 4.78 is 5.39. The smallest absolute Gasteiger partial charge is 0.410 e. The second-order valence-corrected chi connectivity index (χ2v) is 8.90. The van der Waals surface area contributed by atoms with Crippen molar-refractivity contribution >= 4 is 29.5 Å². The number of H-pyrrole nitrogens is 1. The Morgan fingerprint density at radius 1 is 1.09 bits per heavy atom. The van der Waals surface area contributed by atoms with Gasteiger partial charge in [0.25, 0.3) is 5.56 Å². The Bertz CT molecular complexity index is 1300. The van der Waals surface area contributed by atoms with Gasteiger partial charge in [0, 0.05) is 31.7 Å². The highest BCUT2D eigenvalue weighted by atomic mass is 16.6. The molecule has 1 aromatic heterocycles. The zero-order valence-corrected chi connectivity index (χ0v) is 19.4. The molecule has 1 saturated heterocycles. The fourth-order valence-corrected chi connectivity index (χ4v) is 3.85. The van der Waals surface area contributed by atoms with Crippen LogP contribution in [0.5, 0.6) is 0 Å². The molecule has 0 atom stereocenters. The third kappa shape index (κ3) is 5.19. The SMILES string of the molecule is CC(C)(C)OC(=O)N1CCN(c2ccc(-c3c(C(=O)O)c(N)[nH]c(=O)c3C(=O)O)cc2C#N)CC1. The lowest BCUT2D eigenvalue weighted by Gasteiger charge is -2.37. The van der Waals surface area contributed by atoms with Crippen molar-refractivity contribution in [3.8, 4) is 17.2 Å². The summed E-state index contributed by atoms with van der Waals surface area (Å²) in [6, 6.07) is 6.34. The van der Waals surface area contributed by atoms with E-state index in [9.17, 15) is 34.7 Å².